The zero-order chi connectivity index (χ0) is 12.4. The molecule has 0 amide bonds. The molecule has 94 valence electrons. The number of hydrogen-bond donors (Lipinski definition) is 1. The minimum atomic E-state index is -3.43. The van der Waals surface area contributed by atoms with Crippen molar-refractivity contribution in [1.82, 2.24) is 4.72 Å². The van der Waals surface area contributed by atoms with E-state index < -0.39 is 25.1 Å². The number of sulfonamides is 1. The quantitative estimate of drug-likeness (QED) is 0.808. The van der Waals surface area contributed by atoms with Crippen LogP contribution in [0.5, 0.6) is 0 Å². The minimum Gasteiger partial charge on any atom is -0.229 e. The van der Waals surface area contributed by atoms with Crippen LogP contribution in [0.3, 0.4) is 0 Å². The van der Waals surface area contributed by atoms with Gasteiger partial charge in [-0.1, -0.05) is 22.5 Å². The second-order valence-electron chi connectivity index (χ2n) is 3.73. The molecule has 1 saturated heterocycles. The van der Waals surface area contributed by atoms with Crippen LogP contribution in [0.15, 0.2) is 11.1 Å². The van der Waals surface area contributed by atoms with E-state index >= 15 is 0 Å². The van der Waals surface area contributed by atoms with Gasteiger partial charge in [-0.15, -0.1) is 0 Å². The Morgan fingerprint density at radius 1 is 1.38 bits per heavy atom. The van der Waals surface area contributed by atoms with Crippen molar-refractivity contribution in [2.75, 3.05) is 18.1 Å². The van der Waals surface area contributed by atoms with Crippen molar-refractivity contribution in [3.8, 4) is 0 Å². The predicted molar refractivity (Wildman–Crippen MR) is 66.7 cm³/mol. The van der Waals surface area contributed by atoms with Gasteiger partial charge >= 0.3 is 0 Å². The van der Waals surface area contributed by atoms with Crippen LogP contribution in [0.4, 0.5) is 0 Å². The zero-order valence-electron chi connectivity index (χ0n) is 8.65. The summed E-state index contributed by atoms with van der Waals surface area (Å²) in [5, 5.41) is -0.608. The molecular formula is C8H14BrNO4S2. The van der Waals surface area contributed by atoms with Gasteiger partial charge in [0.05, 0.1) is 16.8 Å². The Morgan fingerprint density at radius 3 is 2.31 bits per heavy atom. The van der Waals surface area contributed by atoms with Crippen LogP contribution in [0.1, 0.15) is 12.8 Å². The van der Waals surface area contributed by atoms with Crippen molar-refractivity contribution in [1.29, 1.82) is 0 Å². The van der Waals surface area contributed by atoms with E-state index in [4.69, 9.17) is 0 Å². The summed E-state index contributed by atoms with van der Waals surface area (Å²) in [4.78, 5) is 0. The van der Waals surface area contributed by atoms with Crippen LogP contribution in [-0.2, 0) is 19.9 Å². The topological polar surface area (TPSA) is 80.3 Å². The Labute approximate surface area is 104 Å². The molecule has 1 N–H and O–H groups in total. The van der Waals surface area contributed by atoms with Gasteiger partial charge in [-0.25, -0.2) is 21.6 Å². The number of hydrogen-bond acceptors (Lipinski definition) is 4. The maximum Gasteiger partial charge on any atom is 0.214 e. The second kappa shape index (κ2) is 5.16. The van der Waals surface area contributed by atoms with E-state index in [2.05, 4.69) is 27.2 Å². The summed E-state index contributed by atoms with van der Waals surface area (Å²) >= 11 is 3.05. The standard InChI is InChI=1S/C8H14BrNO4S2/c1-7(9)6-10-16(13,14)8-2-4-15(11,12)5-3-8/h8,10H,1-6H2. The van der Waals surface area contributed by atoms with E-state index in [-0.39, 0.29) is 30.9 Å². The monoisotopic (exact) mass is 331 g/mol. The van der Waals surface area contributed by atoms with Crippen LogP contribution in [0, 0.1) is 0 Å². The van der Waals surface area contributed by atoms with Crippen molar-refractivity contribution in [2.45, 2.75) is 18.1 Å². The molecule has 1 heterocycles. The highest BCUT2D eigenvalue weighted by Gasteiger charge is 2.32. The molecule has 0 spiro atoms. The summed E-state index contributed by atoms with van der Waals surface area (Å²) in [6.45, 7) is 3.65. The molecule has 1 fully saturated rings. The number of rotatable bonds is 4. The van der Waals surface area contributed by atoms with E-state index in [0.717, 1.165) is 0 Å². The molecule has 16 heavy (non-hydrogen) atoms. The van der Waals surface area contributed by atoms with Gasteiger partial charge in [0.25, 0.3) is 0 Å². The van der Waals surface area contributed by atoms with Gasteiger partial charge in [0.2, 0.25) is 10.0 Å². The van der Waals surface area contributed by atoms with Crippen LogP contribution in [0.2, 0.25) is 0 Å². The van der Waals surface area contributed by atoms with Crippen LogP contribution >= 0.6 is 15.9 Å². The lowest BCUT2D eigenvalue weighted by molar-refractivity contribution is 0.545. The molecule has 0 aliphatic carbocycles. The average Bonchev–Trinajstić information content (AvgIpc) is 2.14. The first-order valence-electron chi connectivity index (χ1n) is 4.75. The number of halogens is 1. The van der Waals surface area contributed by atoms with Crippen LogP contribution in [0.25, 0.3) is 0 Å². The van der Waals surface area contributed by atoms with Gasteiger partial charge in [0.15, 0.2) is 0 Å². The first kappa shape index (κ1) is 14.1. The molecule has 0 aromatic heterocycles. The van der Waals surface area contributed by atoms with Gasteiger partial charge in [-0.05, 0) is 12.8 Å². The zero-order valence-corrected chi connectivity index (χ0v) is 11.9. The molecule has 0 bridgehead atoms. The maximum atomic E-state index is 11.7. The van der Waals surface area contributed by atoms with Crippen molar-refractivity contribution in [2.24, 2.45) is 0 Å². The molecule has 5 nitrogen and oxygen atoms in total. The summed E-state index contributed by atoms with van der Waals surface area (Å²) in [5.74, 6) is -0.0956. The van der Waals surface area contributed by atoms with E-state index in [1.165, 1.54) is 0 Å². The smallest absolute Gasteiger partial charge is 0.214 e. The van der Waals surface area contributed by atoms with Gasteiger partial charge in [-0.3, -0.25) is 0 Å². The Bertz CT molecular complexity index is 454. The summed E-state index contributed by atoms with van der Waals surface area (Å²) in [5.41, 5.74) is 0. The van der Waals surface area contributed by atoms with E-state index in [1.54, 1.807) is 0 Å². The van der Waals surface area contributed by atoms with Gasteiger partial charge < -0.3 is 0 Å². The lowest BCUT2D eigenvalue weighted by Crippen LogP contribution is -2.40. The normalized spacial score (nSPS) is 21.8. The highest BCUT2D eigenvalue weighted by atomic mass is 79.9. The van der Waals surface area contributed by atoms with Crippen molar-refractivity contribution in [3.63, 3.8) is 0 Å². The predicted octanol–water partition coefficient (Wildman–Crippen LogP) is 0.392. The molecule has 0 aromatic carbocycles. The van der Waals surface area contributed by atoms with Crippen LogP contribution in [-0.4, -0.2) is 40.1 Å². The number of nitrogens with one attached hydrogen (secondary N) is 1. The van der Waals surface area contributed by atoms with Crippen molar-refractivity contribution >= 4 is 35.8 Å². The van der Waals surface area contributed by atoms with E-state index in [9.17, 15) is 16.8 Å². The molecule has 0 atom stereocenters. The van der Waals surface area contributed by atoms with Gasteiger partial charge in [0.1, 0.15) is 9.84 Å². The van der Waals surface area contributed by atoms with Gasteiger partial charge in [-0.2, -0.15) is 0 Å². The number of sulfone groups is 1. The van der Waals surface area contributed by atoms with Crippen LogP contribution < -0.4 is 4.72 Å². The first-order valence-corrected chi connectivity index (χ1v) is 8.91. The summed E-state index contributed by atoms with van der Waals surface area (Å²) < 4.78 is 48.7. The fraction of sp³-hybridized carbons (Fsp3) is 0.750. The largest absolute Gasteiger partial charge is 0.229 e. The fourth-order valence-corrected chi connectivity index (χ4v) is 5.06. The van der Waals surface area contributed by atoms with Crippen molar-refractivity contribution in [3.05, 3.63) is 11.1 Å². The SMILES string of the molecule is C=C(Br)CNS(=O)(=O)C1CCS(=O)(=O)CC1. The fourth-order valence-electron chi connectivity index (χ4n) is 1.48. The molecular weight excluding hydrogens is 318 g/mol. The molecule has 0 aromatic rings. The molecule has 1 aliphatic rings. The lowest BCUT2D eigenvalue weighted by atomic mass is 10.2. The first-order chi connectivity index (χ1) is 7.23. The van der Waals surface area contributed by atoms with Gasteiger partial charge in [0, 0.05) is 11.0 Å². The molecule has 8 heteroatoms. The molecule has 0 saturated carbocycles. The third-order valence-corrected chi connectivity index (χ3v) is 6.30. The third-order valence-electron chi connectivity index (χ3n) is 2.41. The van der Waals surface area contributed by atoms with E-state index in [0.29, 0.717) is 4.48 Å². The van der Waals surface area contributed by atoms with Crippen molar-refractivity contribution < 1.29 is 16.8 Å². The molecule has 1 aliphatic heterocycles. The molecule has 1 rings (SSSR count). The lowest BCUT2D eigenvalue weighted by Gasteiger charge is -2.22. The summed E-state index contributed by atoms with van der Waals surface area (Å²) in [7, 11) is -6.46. The minimum absolute atomic E-state index is 0.0478. The highest BCUT2D eigenvalue weighted by molar-refractivity contribution is 9.11. The molecule has 0 radical (unpaired) electrons. The molecule has 0 unspecified atom stereocenters. The maximum absolute atomic E-state index is 11.7. The summed E-state index contributed by atoms with van der Waals surface area (Å²) in [6.07, 6.45) is 0.346. The second-order valence-corrected chi connectivity index (χ2v) is 9.21. The third kappa shape index (κ3) is 4.15. The Balaban J connectivity index is 2.62. The Morgan fingerprint density at radius 2 is 1.88 bits per heavy atom. The van der Waals surface area contributed by atoms with E-state index in [1.807, 2.05) is 0 Å². The Hall–Kier alpha value is 0.0800. The highest BCUT2D eigenvalue weighted by Crippen LogP contribution is 2.18. The average molecular weight is 332 g/mol. The Kier molecular flexibility index (Phi) is 4.56. The summed E-state index contributed by atoms with van der Waals surface area (Å²) in [6, 6.07) is 0.